The molecule has 0 aromatic heterocycles. The third-order valence-electron chi connectivity index (χ3n) is 3.88. The van der Waals surface area contributed by atoms with Gasteiger partial charge in [0.2, 0.25) is 0 Å². The number of nitrogens with one attached hydrogen (secondary N) is 1. The third kappa shape index (κ3) is 3.61. The molecule has 0 radical (unpaired) electrons. The van der Waals surface area contributed by atoms with Crippen molar-refractivity contribution in [2.45, 2.75) is 71.9 Å². The van der Waals surface area contributed by atoms with Gasteiger partial charge in [0.25, 0.3) is 0 Å². The van der Waals surface area contributed by atoms with Gasteiger partial charge in [-0.25, -0.2) is 0 Å². The molecule has 0 aliphatic heterocycles. The molecule has 84 valence electrons. The van der Waals surface area contributed by atoms with Crippen LogP contribution in [0.25, 0.3) is 0 Å². The second kappa shape index (κ2) is 5.75. The summed E-state index contributed by atoms with van der Waals surface area (Å²) in [4.78, 5) is 0. The first kappa shape index (κ1) is 12.0. The van der Waals surface area contributed by atoms with E-state index in [-0.39, 0.29) is 0 Å². The van der Waals surface area contributed by atoms with Crippen LogP contribution in [-0.4, -0.2) is 12.1 Å². The fourth-order valence-electron chi connectivity index (χ4n) is 2.38. The molecule has 0 bridgehead atoms. The summed E-state index contributed by atoms with van der Waals surface area (Å²) >= 11 is 0. The normalized spacial score (nSPS) is 23.8. The van der Waals surface area contributed by atoms with Gasteiger partial charge in [-0.05, 0) is 38.5 Å². The van der Waals surface area contributed by atoms with Gasteiger partial charge in [-0.3, -0.25) is 0 Å². The fraction of sp³-hybridized carbons (Fsp3) is 1.00. The maximum absolute atomic E-state index is 3.75. The summed E-state index contributed by atoms with van der Waals surface area (Å²) in [6, 6.07) is 1.37. The van der Waals surface area contributed by atoms with E-state index in [1.165, 1.54) is 32.1 Å². The smallest absolute Gasteiger partial charge is 0.00695 e. The van der Waals surface area contributed by atoms with E-state index < -0.39 is 0 Å². The Balaban J connectivity index is 2.28. The van der Waals surface area contributed by atoms with E-state index in [0.29, 0.717) is 12.1 Å². The van der Waals surface area contributed by atoms with Crippen molar-refractivity contribution >= 4 is 0 Å². The molecule has 0 saturated heterocycles. The average molecular weight is 197 g/mol. The second-order valence-corrected chi connectivity index (χ2v) is 5.39. The van der Waals surface area contributed by atoms with Gasteiger partial charge in [-0.15, -0.1) is 0 Å². The number of rotatable bonds is 4. The molecule has 0 amide bonds. The summed E-state index contributed by atoms with van der Waals surface area (Å²) < 4.78 is 0. The largest absolute Gasteiger partial charge is 0.311 e. The molecule has 0 aromatic rings. The first-order chi connectivity index (χ1) is 6.61. The van der Waals surface area contributed by atoms with E-state index in [0.717, 1.165) is 11.8 Å². The Bertz CT molecular complexity index is 147. The monoisotopic (exact) mass is 197 g/mol. The molecule has 0 aromatic carbocycles. The molecule has 1 saturated carbocycles. The molecule has 1 rings (SSSR count). The van der Waals surface area contributed by atoms with Crippen LogP contribution in [0.2, 0.25) is 0 Å². The quantitative estimate of drug-likeness (QED) is 0.726. The highest BCUT2D eigenvalue weighted by Crippen LogP contribution is 2.26. The molecule has 1 aliphatic carbocycles. The SMILES string of the molecule is CC(C)C(C)NC(C)C1CCCCC1. The lowest BCUT2D eigenvalue weighted by Gasteiger charge is -2.31. The van der Waals surface area contributed by atoms with Crippen molar-refractivity contribution in [1.29, 1.82) is 0 Å². The Hall–Kier alpha value is -0.0400. The van der Waals surface area contributed by atoms with Crippen molar-refractivity contribution in [1.82, 2.24) is 5.32 Å². The van der Waals surface area contributed by atoms with Crippen LogP contribution in [0.3, 0.4) is 0 Å². The van der Waals surface area contributed by atoms with Crippen molar-refractivity contribution in [3.63, 3.8) is 0 Å². The summed E-state index contributed by atoms with van der Waals surface area (Å²) in [6.45, 7) is 9.27. The van der Waals surface area contributed by atoms with Gasteiger partial charge >= 0.3 is 0 Å². The lowest BCUT2D eigenvalue weighted by atomic mass is 9.84. The molecule has 2 atom stereocenters. The Morgan fingerprint density at radius 1 is 0.929 bits per heavy atom. The van der Waals surface area contributed by atoms with Gasteiger partial charge in [-0.2, -0.15) is 0 Å². The molecule has 1 aliphatic rings. The maximum Gasteiger partial charge on any atom is 0.00695 e. The van der Waals surface area contributed by atoms with Gasteiger partial charge in [0.15, 0.2) is 0 Å². The topological polar surface area (TPSA) is 12.0 Å². The predicted octanol–water partition coefficient (Wildman–Crippen LogP) is 3.59. The van der Waals surface area contributed by atoms with Crippen LogP contribution in [0.1, 0.15) is 59.8 Å². The zero-order chi connectivity index (χ0) is 10.6. The highest BCUT2D eigenvalue weighted by Gasteiger charge is 2.21. The summed E-state index contributed by atoms with van der Waals surface area (Å²) in [7, 11) is 0. The van der Waals surface area contributed by atoms with Crippen LogP contribution in [0, 0.1) is 11.8 Å². The molecule has 1 fully saturated rings. The lowest BCUT2D eigenvalue weighted by Crippen LogP contribution is -2.42. The van der Waals surface area contributed by atoms with Crippen molar-refractivity contribution in [3.05, 3.63) is 0 Å². The van der Waals surface area contributed by atoms with Crippen LogP contribution >= 0.6 is 0 Å². The summed E-state index contributed by atoms with van der Waals surface area (Å²) in [6.07, 6.45) is 7.25. The van der Waals surface area contributed by atoms with Gasteiger partial charge in [0.05, 0.1) is 0 Å². The Kier molecular flexibility index (Phi) is 4.94. The highest BCUT2D eigenvalue weighted by molar-refractivity contribution is 4.78. The van der Waals surface area contributed by atoms with Crippen LogP contribution in [0.15, 0.2) is 0 Å². The van der Waals surface area contributed by atoms with E-state index in [1.54, 1.807) is 0 Å². The molecular formula is C13H27N. The number of hydrogen-bond donors (Lipinski definition) is 1. The van der Waals surface area contributed by atoms with Gasteiger partial charge in [0.1, 0.15) is 0 Å². The van der Waals surface area contributed by atoms with Crippen LogP contribution in [-0.2, 0) is 0 Å². The van der Waals surface area contributed by atoms with Crippen molar-refractivity contribution in [2.75, 3.05) is 0 Å². The summed E-state index contributed by atoms with van der Waals surface area (Å²) in [5.74, 6) is 1.69. The number of hydrogen-bond acceptors (Lipinski definition) is 1. The van der Waals surface area contributed by atoms with Crippen LogP contribution < -0.4 is 5.32 Å². The maximum atomic E-state index is 3.75. The minimum Gasteiger partial charge on any atom is -0.311 e. The standard InChI is InChI=1S/C13H27N/c1-10(2)11(3)14-12(4)13-8-6-5-7-9-13/h10-14H,5-9H2,1-4H3. The molecule has 1 nitrogen and oxygen atoms in total. The van der Waals surface area contributed by atoms with Gasteiger partial charge in [0, 0.05) is 12.1 Å². The second-order valence-electron chi connectivity index (χ2n) is 5.39. The summed E-state index contributed by atoms with van der Waals surface area (Å²) in [5.41, 5.74) is 0. The first-order valence-electron chi connectivity index (χ1n) is 6.37. The van der Waals surface area contributed by atoms with Crippen LogP contribution in [0.5, 0.6) is 0 Å². The van der Waals surface area contributed by atoms with E-state index in [4.69, 9.17) is 0 Å². The van der Waals surface area contributed by atoms with Crippen molar-refractivity contribution < 1.29 is 0 Å². The molecule has 14 heavy (non-hydrogen) atoms. The minimum atomic E-state index is 0.659. The lowest BCUT2D eigenvalue weighted by molar-refractivity contribution is 0.252. The zero-order valence-corrected chi connectivity index (χ0v) is 10.3. The molecule has 1 heteroatoms. The zero-order valence-electron chi connectivity index (χ0n) is 10.3. The Morgan fingerprint density at radius 2 is 1.50 bits per heavy atom. The van der Waals surface area contributed by atoms with E-state index in [1.807, 2.05) is 0 Å². The fourth-order valence-corrected chi connectivity index (χ4v) is 2.38. The van der Waals surface area contributed by atoms with Gasteiger partial charge in [-0.1, -0.05) is 33.1 Å². The predicted molar refractivity (Wildman–Crippen MR) is 63.5 cm³/mol. The third-order valence-corrected chi connectivity index (χ3v) is 3.88. The first-order valence-corrected chi connectivity index (χ1v) is 6.37. The van der Waals surface area contributed by atoms with E-state index >= 15 is 0 Å². The summed E-state index contributed by atoms with van der Waals surface area (Å²) in [5, 5.41) is 3.75. The molecule has 1 N–H and O–H groups in total. The van der Waals surface area contributed by atoms with Crippen molar-refractivity contribution in [3.8, 4) is 0 Å². The van der Waals surface area contributed by atoms with Crippen LogP contribution in [0.4, 0.5) is 0 Å². The molecule has 0 spiro atoms. The average Bonchev–Trinajstić information content (AvgIpc) is 2.19. The van der Waals surface area contributed by atoms with E-state index in [2.05, 4.69) is 33.0 Å². The van der Waals surface area contributed by atoms with E-state index in [9.17, 15) is 0 Å². The minimum absolute atomic E-state index is 0.659. The Labute approximate surface area is 89.7 Å². The van der Waals surface area contributed by atoms with Crippen molar-refractivity contribution in [2.24, 2.45) is 11.8 Å². The Morgan fingerprint density at radius 3 is 2.00 bits per heavy atom. The van der Waals surface area contributed by atoms with Gasteiger partial charge < -0.3 is 5.32 Å². The highest BCUT2D eigenvalue weighted by atomic mass is 14.9. The molecular weight excluding hydrogens is 170 g/mol. The molecule has 0 heterocycles. The molecule has 2 unspecified atom stereocenters.